The fraction of sp³-hybridized carbons (Fsp3) is 0.400. The summed E-state index contributed by atoms with van der Waals surface area (Å²) in [6, 6.07) is 3.76. The van der Waals surface area contributed by atoms with Crippen molar-refractivity contribution in [3.63, 3.8) is 0 Å². The van der Waals surface area contributed by atoms with Crippen molar-refractivity contribution in [2.24, 2.45) is 0 Å². The van der Waals surface area contributed by atoms with E-state index in [1.807, 2.05) is 29.2 Å². The first-order chi connectivity index (χ1) is 10.2. The molecule has 0 aliphatic heterocycles. The zero-order valence-electron chi connectivity index (χ0n) is 12.8. The van der Waals surface area contributed by atoms with E-state index in [-0.39, 0.29) is 0 Å². The quantitative estimate of drug-likeness (QED) is 0.849. The first-order valence-electron chi connectivity index (χ1n) is 6.77. The topological polar surface area (TPSA) is 57.5 Å². The van der Waals surface area contributed by atoms with Gasteiger partial charge in [0.2, 0.25) is 5.75 Å². The smallest absolute Gasteiger partial charge is 0.203 e. The fourth-order valence-corrected chi connectivity index (χ4v) is 2.06. The summed E-state index contributed by atoms with van der Waals surface area (Å²) in [5.74, 6) is 1.84. The molecule has 1 heterocycles. The minimum absolute atomic E-state index is 0.587. The Morgan fingerprint density at radius 3 is 2.24 bits per heavy atom. The van der Waals surface area contributed by atoms with Gasteiger partial charge in [-0.1, -0.05) is 0 Å². The summed E-state index contributed by atoms with van der Waals surface area (Å²) in [5, 5.41) is 7.58. The van der Waals surface area contributed by atoms with Gasteiger partial charge >= 0.3 is 0 Å². The van der Waals surface area contributed by atoms with Crippen LogP contribution in [0.15, 0.2) is 24.5 Å². The molecule has 21 heavy (non-hydrogen) atoms. The first kappa shape index (κ1) is 15.0. The van der Waals surface area contributed by atoms with Crippen LogP contribution in [-0.4, -0.2) is 31.1 Å². The molecular weight excluding hydrogens is 270 g/mol. The molecule has 0 saturated heterocycles. The van der Waals surface area contributed by atoms with Crippen molar-refractivity contribution in [3.8, 4) is 17.2 Å². The number of rotatable bonds is 7. The number of hydrogen-bond acceptors (Lipinski definition) is 5. The van der Waals surface area contributed by atoms with Crippen molar-refractivity contribution in [1.82, 2.24) is 9.78 Å². The Labute approximate surface area is 124 Å². The molecule has 1 aromatic carbocycles. The number of aryl methyl sites for hydroxylation is 1. The van der Waals surface area contributed by atoms with Gasteiger partial charge in [0.05, 0.1) is 27.5 Å². The maximum atomic E-state index is 5.33. The Bertz CT molecular complexity index is 571. The van der Waals surface area contributed by atoms with Crippen molar-refractivity contribution in [2.75, 3.05) is 26.6 Å². The summed E-state index contributed by atoms with van der Waals surface area (Å²) in [6.45, 7) is 3.60. The molecule has 2 aromatic rings. The highest BCUT2D eigenvalue weighted by atomic mass is 16.5. The normalized spacial score (nSPS) is 10.3. The molecule has 1 aromatic heterocycles. The largest absolute Gasteiger partial charge is 0.493 e. The number of nitrogens with one attached hydrogen (secondary N) is 1. The highest BCUT2D eigenvalue weighted by molar-refractivity contribution is 5.62. The lowest BCUT2D eigenvalue weighted by atomic mass is 10.2. The molecule has 0 saturated carbocycles. The van der Waals surface area contributed by atoms with E-state index in [9.17, 15) is 0 Å². The third kappa shape index (κ3) is 3.39. The van der Waals surface area contributed by atoms with E-state index in [0.717, 1.165) is 17.8 Å². The van der Waals surface area contributed by atoms with E-state index in [4.69, 9.17) is 14.2 Å². The Morgan fingerprint density at radius 1 is 1.10 bits per heavy atom. The number of ether oxygens (including phenoxy) is 3. The molecule has 2 rings (SSSR count). The maximum Gasteiger partial charge on any atom is 0.203 e. The van der Waals surface area contributed by atoms with Crippen molar-refractivity contribution >= 4 is 5.69 Å². The standard InChI is InChI=1S/C15H21N3O3/c1-5-18-10-11(9-17-18)8-16-12-6-13(19-2)15(21-4)14(7-12)20-3/h6-7,9-10,16H,5,8H2,1-4H3. The molecule has 0 amide bonds. The van der Waals surface area contributed by atoms with Crippen LogP contribution >= 0.6 is 0 Å². The van der Waals surface area contributed by atoms with E-state index in [2.05, 4.69) is 17.3 Å². The molecule has 0 atom stereocenters. The zero-order chi connectivity index (χ0) is 15.2. The predicted octanol–water partition coefficient (Wildman–Crippen LogP) is 2.54. The molecule has 0 spiro atoms. The molecule has 114 valence electrons. The Hall–Kier alpha value is -2.37. The van der Waals surface area contributed by atoms with Crippen molar-refractivity contribution in [2.45, 2.75) is 20.0 Å². The van der Waals surface area contributed by atoms with Gasteiger partial charge in [-0.2, -0.15) is 5.10 Å². The molecule has 0 bridgehead atoms. The second-order valence-corrected chi connectivity index (χ2v) is 4.47. The Balaban J connectivity index is 2.15. The average Bonchev–Trinajstić information content (AvgIpc) is 2.99. The van der Waals surface area contributed by atoms with E-state index in [1.54, 1.807) is 21.3 Å². The molecule has 0 aliphatic rings. The number of benzene rings is 1. The van der Waals surface area contributed by atoms with Crippen LogP contribution in [0.2, 0.25) is 0 Å². The molecule has 6 heteroatoms. The number of hydrogen-bond donors (Lipinski definition) is 1. The van der Waals surface area contributed by atoms with Gasteiger partial charge in [0.25, 0.3) is 0 Å². The molecule has 0 fully saturated rings. The van der Waals surface area contributed by atoms with Crippen LogP contribution in [0, 0.1) is 0 Å². The summed E-state index contributed by atoms with van der Waals surface area (Å²) in [6.07, 6.45) is 3.87. The number of methoxy groups -OCH3 is 3. The van der Waals surface area contributed by atoms with Crippen LogP contribution in [-0.2, 0) is 13.1 Å². The first-order valence-corrected chi connectivity index (χ1v) is 6.77. The molecular formula is C15H21N3O3. The van der Waals surface area contributed by atoms with Crippen LogP contribution in [0.3, 0.4) is 0 Å². The van der Waals surface area contributed by atoms with E-state index >= 15 is 0 Å². The lowest BCUT2D eigenvalue weighted by molar-refractivity contribution is 0.324. The summed E-state index contributed by atoms with van der Waals surface area (Å²) in [5.41, 5.74) is 2.01. The molecule has 6 nitrogen and oxygen atoms in total. The van der Waals surface area contributed by atoms with E-state index < -0.39 is 0 Å². The summed E-state index contributed by atoms with van der Waals surface area (Å²) < 4.78 is 17.9. The van der Waals surface area contributed by atoms with Gasteiger partial charge < -0.3 is 19.5 Å². The average molecular weight is 291 g/mol. The van der Waals surface area contributed by atoms with E-state index in [1.165, 1.54) is 0 Å². The zero-order valence-corrected chi connectivity index (χ0v) is 12.8. The molecule has 0 aliphatic carbocycles. The number of anilines is 1. The highest BCUT2D eigenvalue weighted by Gasteiger charge is 2.13. The third-order valence-corrected chi connectivity index (χ3v) is 3.17. The lowest BCUT2D eigenvalue weighted by Crippen LogP contribution is -2.01. The van der Waals surface area contributed by atoms with Gasteiger partial charge in [-0.25, -0.2) is 0 Å². The monoisotopic (exact) mass is 291 g/mol. The minimum Gasteiger partial charge on any atom is -0.493 e. The van der Waals surface area contributed by atoms with Crippen LogP contribution in [0.4, 0.5) is 5.69 Å². The Morgan fingerprint density at radius 2 is 1.76 bits per heavy atom. The van der Waals surface area contributed by atoms with Crippen molar-refractivity contribution in [3.05, 3.63) is 30.1 Å². The van der Waals surface area contributed by atoms with Gasteiger partial charge in [0.15, 0.2) is 11.5 Å². The SMILES string of the molecule is CCn1cc(CNc2cc(OC)c(OC)c(OC)c2)cn1. The summed E-state index contributed by atoms with van der Waals surface area (Å²) in [4.78, 5) is 0. The van der Waals surface area contributed by atoms with Crippen LogP contribution < -0.4 is 19.5 Å². The highest BCUT2D eigenvalue weighted by Crippen LogP contribution is 2.39. The van der Waals surface area contributed by atoms with Gasteiger partial charge in [-0.3, -0.25) is 4.68 Å². The van der Waals surface area contributed by atoms with Gasteiger partial charge in [-0.05, 0) is 6.92 Å². The van der Waals surface area contributed by atoms with Crippen LogP contribution in [0.5, 0.6) is 17.2 Å². The second-order valence-electron chi connectivity index (χ2n) is 4.47. The second kappa shape index (κ2) is 6.88. The molecule has 0 radical (unpaired) electrons. The summed E-state index contributed by atoms with van der Waals surface area (Å²) >= 11 is 0. The van der Waals surface area contributed by atoms with E-state index in [0.29, 0.717) is 23.8 Å². The number of nitrogens with zero attached hydrogens (tertiary/aromatic N) is 2. The maximum absolute atomic E-state index is 5.33. The molecule has 1 N–H and O–H groups in total. The van der Waals surface area contributed by atoms with Crippen LogP contribution in [0.25, 0.3) is 0 Å². The summed E-state index contributed by atoms with van der Waals surface area (Å²) in [7, 11) is 4.80. The van der Waals surface area contributed by atoms with Gasteiger partial charge in [0, 0.05) is 42.7 Å². The van der Waals surface area contributed by atoms with Gasteiger partial charge in [0.1, 0.15) is 0 Å². The minimum atomic E-state index is 0.587. The van der Waals surface area contributed by atoms with Crippen molar-refractivity contribution in [1.29, 1.82) is 0 Å². The van der Waals surface area contributed by atoms with Gasteiger partial charge in [-0.15, -0.1) is 0 Å². The predicted molar refractivity (Wildman–Crippen MR) is 81.3 cm³/mol. The molecule has 0 unspecified atom stereocenters. The van der Waals surface area contributed by atoms with Crippen LogP contribution in [0.1, 0.15) is 12.5 Å². The third-order valence-electron chi connectivity index (χ3n) is 3.17. The Kier molecular flexibility index (Phi) is 4.92. The number of aromatic nitrogens is 2. The fourth-order valence-electron chi connectivity index (χ4n) is 2.06. The van der Waals surface area contributed by atoms with Crippen molar-refractivity contribution < 1.29 is 14.2 Å². The lowest BCUT2D eigenvalue weighted by Gasteiger charge is -2.14.